The first-order chi connectivity index (χ1) is 12.3. The highest BCUT2D eigenvalue weighted by Crippen LogP contribution is 2.28. The first-order valence-electron chi connectivity index (χ1n) is 8.59. The smallest absolute Gasteiger partial charge is 0.328 e. The van der Waals surface area contributed by atoms with Gasteiger partial charge in [0.1, 0.15) is 5.76 Å². The van der Waals surface area contributed by atoms with Gasteiger partial charge in [-0.15, -0.1) is 0 Å². The summed E-state index contributed by atoms with van der Waals surface area (Å²) in [5.41, 5.74) is 2.14. The number of hydrogen-bond acceptors (Lipinski definition) is 4. The third-order valence-electron chi connectivity index (χ3n) is 4.53. The van der Waals surface area contributed by atoms with Crippen LogP contribution in [0, 0.1) is 0 Å². The highest BCUT2D eigenvalue weighted by molar-refractivity contribution is 5.95. The van der Waals surface area contributed by atoms with E-state index in [0.29, 0.717) is 12.4 Å². The number of nitrogens with zero attached hydrogens (tertiary/aromatic N) is 1. The lowest BCUT2D eigenvalue weighted by atomic mass is 9.86. The fourth-order valence-corrected chi connectivity index (χ4v) is 2.94. The SMILES string of the molecule is CC(C)(C)c1ccc(-c2ccc(C(=O)N3CCOCC3C(=O)O)o2)cc1. The first kappa shape index (κ1) is 18.2. The highest BCUT2D eigenvalue weighted by Gasteiger charge is 2.34. The predicted molar refractivity (Wildman–Crippen MR) is 96.1 cm³/mol. The summed E-state index contributed by atoms with van der Waals surface area (Å²) < 4.78 is 10.9. The van der Waals surface area contributed by atoms with Crippen molar-refractivity contribution in [1.29, 1.82) is 0 Å². The van der Waals surface area contributed by atoms with Gasteiger partial charge in [0.15, 0.2) is 11.8 Å². The number of amides is 1. The average Bonchev–Trinajstić information content (AvgIpc) is 3.10. The number of carboxylic acid groups (broad SMARTS) is 1. The van der Waals surface area contributed by atoms with Crippen LogP contribution in [0.4, 0.5) is 0 Å². The van der Waals surface area contributed by atoms with Crippen molar-refractivity contribution in [3.8, 4) is 11.3 Å². The predicted octanol–water partition coefficient (Wildman–Crippen LogP) is 3.17. The number of furan rings is 1. The molecule has 1 N–H and O–H groups in total. The summed E-state index contributed by atoms with van der Waals surface area (Å²) in [6, 6.07) is 10.3. The monoisotopic (exact) mass is 357 g/mol. The zero-order valence-electron chi connectivity index (χ0n) is 15.2. The van der Waals surface area contributed by atoms with E-state index in [1.165, 1.54) is 10.5 Å². The Balaban J connectivity index is 1.81. The van der Waals surface area contributed by atoms with Crippen LogP contribution in [0.2, 0.25) is 0 Å². The molecule has 1 aromatic heterocycles. The second kappa shape index (κ2) is 6.96. The topological polar surface area (TPSA) is 80.0 Å². The Bertz CT molecular complexity index is 800. The summed E-state index contributed by atoms with van der Waals surface area (Å²) in [5, 5.41) is 9.27. The summed E-state index contributed by atoms with van der Waals surface area (Å²) in [6.45, 7) is 6.97. The van der Waals surface area contributed by atoms with Gasteiger partial charge in [0, 0.05) is 12.1 Å². The van der Waals surface area contributed by atoms with E-state index < -0.39 is 17.9 Å². The van der Waals surface area contributed by atoms with E-state index >= 15 is 0 Å². The number of carbonyl (C=O) groups excluding carboxylic acids is 1. The molecular formula is C20H23NO5. The molecule has 1 fully saturated rings. The average molecular weight is 357 g/mol. The van der Waals surface area contributed by atoms with Crippen LogP contribution in [0.25, 0.3) is 11.3 Å². The van der Waals surface area contributed by atoms with Crippen molar-refractivity contribution in [1.82, 2.24) is 4.90 Å². The van der Waals surface area contributed by atoms with Gasteiger partial charge in [-0.3, -0.25) is 4.79 Å². The van der Waals surface area contributed by atoms with E-state index in [0.717, 1.165) is 5.56 Å². The lowest BCUT2D eigenvalue weighted by molar-refractivity contribution is -0.147. The summed E-state index contributed by atoms with van der Waals surface area (Å²) in [7, 11) is 0. The molecule has 0 bridgehead atoms. The van der Waals surface area contributed by atoms with Gasteiger partial charge in [-0.05, 0) is 23.1 Å². The fraction of sp³-hybridized carbons (Fsp3) is 0.400. The largest absolute Gasteiger partial charge is 0.480 e. The van der Waals surface area contributed by atoms with Crippen LogP contribution < -0.4 is 0 Å². The molecule has 2 aromatic rings. The van der Waals surface area contributed by atoms with Gasteiger partial charge in [0.05, 0.1) is 13.2 Å². The van der Waals surface area contributed by atoms with Crippen LogP contribution in [0.5, 0.6) is 0 Å². The molecule has 0 saturated carbocycles. The molecule has 2 heterocycles. The van der Waals surface area contributed by atoms with Crippen molar-refractivity contribution >= 4 is 11.9 Å². The number of benzene rings is 1. The van der Waals surface area contributed by atoms with Crippen LogP contribution in [-0.4, -0.2) is 47.7 Å². The number of morpholine rings is 1. The zero-order valence-corrected chi connectivity index (χ0v) is 15.2. The molecule has 138 valence electrons. The van der Waals surface area contributed by atoms with E-state index in [1.54, 1.807) is 12.1 Å². The summed E-state index contributed by atoms with van der Waals surface area (Å²) in [6.07, 6.45) is 0. The minimum Gasteiger partial charge on any atom is -0.480 e. The Labute approximate surface area is 152 Å². The molecule has 6 nitrogen and oxygen atoms in total. The number of aliphatic carboxylic acids is 1. The van der Waals surface area contributed by atoms with Crippen molar-refractivity contribution in [2.75, 3.05) is 19.8 Å². The summed E-state index contributed by atoms with van der Waals surface area (Å²) >= 11 is 0. The van der Waals surface area contributed by atoms with Gasteiger partial charge >= 0.3 is 5.97 Å². The number of carbonyl (C=O) groups is 2. The summed E-state index contributed by atoms with van der Waals surface area (Å²) in [5.74, 6) is -0.803. The molecule has 1 amide bonds. The Hall–Kier alpha value is -2.60. The van der Waals surface area contributed by atoms with Gasteiger partial charge in [-0.1, -0.05) is 45.0 Å². The molecule has 0 radical (unpaired) electrons. The number of hydrogen-bond donors (Lipinski definition) is 1. The van der Waals surface area contributed by atoms with E-state index in [1.807, 2.05) is 24.3 Å². The zero-order chi connectivity index (χ0) is 18.9. The van der Waals surface area contributed by atoms with Crippen LogP contribution >= 0.6 is 0 Å². The maximum Gasteiger partial charge on any atom is 0.328 e. The summed E-state index contributed by atoms with van der Waals surface area (Å²) in [4.78, 5) is 25.3. The quantitative estimate of drug-likeness (QED) is 0.913. The minimum atomic E-state index is -1.08. The second-order valence-electron chi connectivity index (χ2n) is 7.42. The minimum absolute atomic E-state index is 0.0110. The van der Waals surface area contributed by atoms with Crippen molar-refractivity contribution in [3.63, 3.8) is 0 Å². The van der Waals surface area contributed by atoms with Gasteiger partial charge in [0.25, 0.3) is 5.91 Å². The van der Waals surface area contributed by atoms with Crippen molar-refractivity contribution in [2.45, 2.75) is 32.2 Å². The first-order valence-corrected chi connectivity index (χ1v) is 8.59. The second-order valence-corrected chi connectivity index (χ2v) is 7.42. The van der Waals surface area contributed by atoms with Crippen LogP contribution in [0.1, 0.15) is 36.9 Å². The van der Waals surface area contributed by atoms with Crippen molar-refractivity contribution < 1.29 is 23.8 Å². The van der Waals surface area contributed by atoms with Gasteiger partial charge in [-0.25, -0.2) is 4.79 Å². The van der Waals surface area contributed by atoms with E-state index in [2.05, 4.69) is 20.8 Å². The lowest BCUT2D eigenvalue weighted by Gasteiger charge is -2.32. The standard InChI is InChI=1S/C20H23NO5/c1-20(2,3)14-6-4-13(5-7-14)16-8-9-17(26-16)18(22)21-10-11-25-12-15(21)19(23)24/h4-9,15H,10-12H2,1-3H3,(H,23,24). The van der Waals surface area contributed by atoms with Gasteiger partial charge in [0.2, 0.25) is 0 Å². The number of ether oxygens (including phenoxy) is 1. The van der Waals surface area contributed by atoms with Crippen molar-refractivity contribution in [2.24, 2.45) is 0 Å². The van der Waals surface area contributed by atoms with E-state index in [9.17, 15) is 14.7 Å². The molecule has 3 rings (SSSR count). The molecule has 1 aromatic carbocycles. The number of carboxylic acids is 1. The molecule has 0 aliphatic carbocycles. The molecule has 1 aliphatic rings. The maximum atomic E-state index is 12.7. The van der Waals surface area contributed by atoms with Crippen molar-refractivity contribution in [3.05, 3.63) is 47.7 Å². The highest BCUT2D eigenvalue weighted by atomic mass is 16.5. The van der Waals surface area contributed by atoms with E-state index in [-0.39, 0.29) is 24.3 Å². The Morgan fingerprint density at radius 3 is 2.42 bits per heavy atom. The fourth-order valence-electron chi connectivity index (χ4n) is 2.94. The molecule has 1 aliphatic heterocycles. The van der Waals surface area contributed by atoms with E-state index in [4.69, 9.17) is 9.15 Å². The normalized spacial score (nSPS) is 18.0. The van der Waals surface area contributed by atoms with Crippen LogP contribution in [0.15, 0.2) is 40.8 Å². The van der Waals surface area contributed by atoms with Gasteiger partial charge < -0.3 is 19.2 Å². The van der Waals surface area contributed by atoms with Gasteiger partial charge in [-0.2, -0.15) is 0 Å². The molecule has 6 heteroatoms. The molecular weight excluding hydrogens is 334 g/mol. The molecule has 26 heavy (non-hydrogen) atoms. The molecule has 0 spiro atoms. The van der Waals surface area contributed by atoms with Crippen LogP contribution in [0.3, 0.4) is 0 Å². The molecule has 1 saturated heterocycles. The lowest BCUT2D eigenvalue weighted by Crippen LogP contribution is -2.52. The number of rotatable bonds is 3. The Kier molecular flexibility index (Phi) is 4.87. The third kappa shape index (κ3) is 3.65. The third-order valence-corrected chi connectivity index (χ3v) is 4.53. The molecule has 1 unspecified atom stereocenters. The Morgan fingerprint density at radius 2 is 1.81 bits per heavy atom. The Morgan fingerprint density at radius 1 is 1.12 bits per heavy atom. The van der Waals surface area contributed by atoms with Crippen LogP contribution in [-0.2, 0) is 14.9 Å². The maximum absolute atomic E-state index is 12.7. The molecule has 1 atom stereocenters.